The zero-order chi connectivity index (χ0) is 20.4. The molecule has 0 radical (unpaired) electrons. The predicted molar refractivity (Wildman–Crippen MR) is 123 cm³/mol. The van der Waals surface area contributed by atoms with Gasteiger partial charge in [-0.15, -0.1) is 0 Å². The van der Waals surface area contributed by atoms with E-state index in [1.54, 1.807) is 13.0 Å². The topological polar surface area (TPSA) is 50.4 Å². The molecule has 2 rings (SSSR count). The molecule has 0 spiro atoms. The highest BCUT2D eigenvalue weighted by atomic mass is 32.2. The van der Waals surface area contributed by atoms with Gasteiger partial charge >= 0.3 is 5.97 Å². The SMILES string of the molecule is CCOC(=O)c1ccc(NC(=S)NCCCSCc2ccccc2C)c(C)c1. The third kappa shape index (κ3) is 7.17. The maximum atomic E-state index is 11.8. The Morgan fingerprint density at radius 3 is 2.64 bits per heavy atom. The van der Waals surface area contributed by atoms with Gasteiger partial charge < -0.3 is 15.4 Å². The number of thiocarbonyl (C=S) groups is 1. The largest absolute Gasteiger partial charge is 0.462 e. The number of hydrogen-bond acceptors (Lipinski definition) is 4. The summed E-state index contributed by atoms with van der Waals surface area (Å²) in [6.45, 7) is 7.09. The summed E-state index contributed by atoms with van der Waals surface area (Å²) < 4.78 is 5.02. The normalized spacial score (nSPS) is 10.4. The molecule has 0 aliphatic heterocycles. The number of nitrogens with one attached hydrogen (secondary N) is 2. The fourth-order valence-electron chi connectivity index (χ4n) is 2.64. The molecule has 0 aliphatic carbocycles. The lowest BCUT2D eigenvalue weighted by Crippen LogP contribution is -2.29. The Morgan fingerprint density at radius 1 is 1.14 bits per heavy atom. The molecule has 150 valence electrons. The second kappa shape index (κ2) is 11.7. The van der Waals surface area contributed by atoms with E-state index < -0.39 is 0 Å². The van der Waals surface area contributed by atoms with Crippen molar-refractivity contribution < 1.29 is 9.53 Å². The van der Waals surface area contributed by atoms with Gasteiger partial charge in [-0.05, 0) is 80.1 Å². The van der Waals surface area contributed by atoms with Crippen LogP contribution >= 0.6 is 24.0 Å². The number of benzene rings is 2. The van der Waals surface area contributed by atoms with Crippen LogP contribution in [0.5, 0.6) is 0 Å². The molecule has 0 aliphatic rings. The Labute approximate surface area is 177 Å². The second-order valence-corrected chi connectivity index (χ2v) is 7.98. The summed E-state index contributed by atoms with van der Waals surface area (Å²) >= 11 is 7.31. The van der Waals surface area contributed by atoms with Gasteiger partial charge in [0.1, 0.15) is 0 Å². The number of carbonyl (C=O) groups is 1. The molecule has 0 aromatic heterocycles. The molecule has 0 saturated heterocycles. The monoisotopic (exact) mass is 416 g/mol. The molecule has 4 nitrogen and oxygen atoms in total. The van der Waals surface area contributed by atoms with Crippen LogP contribution < -0.4 is 10.6 Å². The predicted octanol–water partition coefficient (Wildman–Crippen LogP) is 5.09. The molecule has 2 aromatic rings. The van der Waals surface area contributed by atoms with Gasteiger partial charge in [-0.3, -0.25) is 0 Å². The van der Waals surface area contributed by atoms with Crippen molar-refractivity contribution in [3.8, 4) is 0 Å². The Hall–Kier alpha value is -2.05. The number of ether oxygens (including phenoxy) is 1. The zero-order valence-corrected chi connectivity index (χ0v) is 18.3. The number of carbonyl (C=O) groups excluding carboxylic acids is 1. The molecule has 0 unspecified atom stereocenters. The van der Waals surface area contributed by atoms with Crippen molar-refractivity contribution in [2.45, 2.75) is 32.9 Å². The van der Waals surface area contributed by atoms with Crippen molar-refractivity contribution >= 4 is 40.7 Å². The van der Waals surface area contributed by atoms with Crippen molar-refractivity contribution in [1.29, 1.82) is 0 Å². The minimum atomic E-state index is -0.305. The van der Waals surface area contributed by atoms with Crippen LogP contribution in [0.3, 0.4) is 0 Å². The molecule has 0 amide bonds. The van der Waals surface area contributed by atoms with Gasteiger partial charge in [-0.2, -0.15) is 11.8 Å². The molecule has 0 fully saturated rings. The van der Waals surface area contributed by atoms with Crippen molar-refractivity contribution in [1.82, 2.24) is 5.32 Å². The highest BCUT2D eigenvalue weighted by molar-refractivity contribution is 7.98. The smallest absolute Gasteiger partial charge is 0.338 e. The lowest BCUT2D eigenvalue weighted by Gasteiger charge is -2.13. The third-order valence-corrected chi connectivity index (χ3v) is 5.59. The summed E-state index contributed by atoms with van der Waals surface area (Å²) in [6, 6.07) is 13.9. The zero-order valence-electron chi connectivity index (χ0n) is 16.7. The first kappa shape index (κ1) is 22.2. The fourth-order valence-corrected chi connectivity index (χ4v) is 3.89. The van der Waals surface area contributed by atoms with Gasteiger partial charge in [0, 0.05) is 18.0 Å². The molecular formula is C22H28N2O2S2. The minimum Gasteiger partial charge on any atom is -0.462 e. The van der Waals surface area contributed by atoms with Crippen LogP contribution in [0.4, 0.5) is 5.69 Å². The molecule has 0 saturated carbocycles. The van der Waals surface area contributed by atoms with E-state index >= 15 is 0 Å². The summed E-state index contributed by atoms with van der Waals surface area (Å²) in [6.07, 6.45) is 1.04. The molecule has 0 heterocycles. The number of thioether (sulfide) groups is 1. The van der Waals surface area contributed by atoms with Crippen LogP contribution in [0.15, 0.2) is 42.5 Å². The number of rotatable bonds is 9. The van der Waals surface area contributed by atoms with Gasteiger partial charge in [0.05, 0.1) is 12.2 Å². The quantitative estimate of drug-likeness (QED) is 0.337. The van der Waals surface area contributed by atoms with Crippen LogP contribution in [0.1, 0.15) is 40.4 Å². The van der Waals surface area contributed by atoms with E-state index in [1.165, 1.54) is 11.1 Å². The maximum Gasteiger partial charge on any atom is 0.338 e. The first-order valence-corrected chi connectivity index (χ1v) is 11.0. The molecular weight excluding hydrogens is 388 g/mol. The van der Waals surface area contributed by atoms with E-state index in [2.05, 4.69) is 41.8 Å². The van der Waals surface area contributed by atoms with E-state index in [1.807, 2.05) is 30.8 Å². The van der Waals surface area contributed by atoms with Gasteiger partial charge in [0.2, 0.25) is 0 Å². The Kier molecular flexibility index (Phi) is 9.31. The molecule has 0 bridgehead atoms. The Balaban J connectivity index is 1.68. The standard InChI is InChI=1S/C22H28N2O2S2/c1-4-26-21(25)18-10-11-20(17(3)14-18)24-22(27)23-12-7-13-28-15-19-9-6-5-8-16(19)2/h5-6,8-11,14H,4,7,12-13,15H2,1-3H3,(H2,23,24,27). The minimum absolute atomic E-state index is 0.305. The first-order valence-electron chi connectivity index (χ1n) is 9.46. The lowest BCUT2D eigenvalue weighted by atomic mass is 10.1. The molecule has 6 heteroatoms. The summed E-state index contributed by atoms with van der Waals surface area (Å²) in [5.41, 5.74) is 5.14. The van der Waals surface area contributed by atoms with Crippen molar-refractivity contribution in [3.05, 3.63) is 64.7 Å². The number of anilines is 1. The maximum absolute atomic E-state index is 11.8. The Bertz CT molecular complexity index is 809. The van der Waals surface area contributed by atoms with E-state index in [0.29, 0.717) is 17.3 Å². The molecule has 28 heavy (non-hydrogen) atoms. The van der Waals surface area contributed by atoms with Crippen LogP contribution in [0, 0.1) is 13.8 Å². The van der Waals surface area contributed by atoms with E-state index in [9.17, 15) is 4.79 Å². The average Bonchev–Trinajstić information content (AvgIpc) is 2.67. The van der Waals surface area contributed by atoms with Crippen LogP contribution in [-0.4, -0.2) is 30.0 Å². The van der Waals surface area contributed by atoms with Gasteiger partial charge in [0.15, 0.2) is 5.11 Å². The lowest BCUT2D eigenvalue weighted by molar-refractivity contribution is 0.0526. The molecule has 2 N–H and O–H groups in total. The van der Waals surface area contributed by atoms with E-state index in [0.717, 1.165) is 35.7 Å². The third-order valence-electron chi connectivity index (χ3n) is 4.26. The first-order chi connectivity index (χ1) is 13.5. The highest BCUT2D eigenvalue weighted by Gasteiger charge is 2.09. The van der Waals surface area contributed by atoms with Gasteiger partial charge in [-0.1, -0.05) is 24.3 Å². The summed E-state index contributed by atoms with van der Waals surface area (Å²) in [5.74, 6) is 1.82. The summed E-state index contributed by atoms with van der Waals surface area (Å²) in [5, 5.41) is 7.03. The van der Waals surface area contributed by atoms with Crippen LogP contribution in [-0.2, 0) is 10.5 Å². The number of hydrogen-bond donors (Lipinski definition) is 2. The van der Waals surface area contributed by atoms with E-state index in [4.69, 9.17) is 17.0 Å². The highest BCUT2D eigenvalue weighted by Crippen LogP contribution is 2.18. The Morgan fingerprint density at radius 2 is 1.93 bits per heavy atom. The van der Waals surface area contributed by atoms with Crippen molar-refractivity contribution in [3.63, 3.8) is 0 Å². The van der Waals surface area contributed by atoms with Crippen LogP contribution in [0.2, 0.25) is 0 Å². The van der Waals surface area contributed by atoms with E-state index in [-0.39, 0.29) is 5.97 Å². The summed E-state index contributed by atoms with van der Waals surface area (Å²) in [4.78, 5) is 11.8. The van der Waals surface area contributed by atoms with Gasteiger partial charge in [0.25, 0.3) is 0 Å². The number of esters is 1. The van der Waals surface area contributed by atoms with Gasteiger partial charge in [-0.25, -0.2) is 4.79 Å². The van der Waals surface area contributed by atoms with Crippen molar-refractivity contribution in [2.24, 2.45) is 0 Å². The summed E-state index contributed by atoms with van der Waals surface area (Å²) in [7, 11) is 0. The molecule has 0 atom stereocenters. The van der Waals surface area contributed by atoms with Crippen LogP contribution in [0.25, 0.3) is 0 Å². The molecule has 2 aromatic carbocycles. The second-order valence-electron chi connectivity index (χ2n) is 6.46. The fraction of sp³-hybridized carbons (Fsp3) is 0.364. The average molecular weight is 417 g/mol. The number of aryl methyl sites for hydroxylation is 2. The van der Waals surface area contributed by atoms with Crippen molar-refractivity contribution in [2.75, 3.05) is 24.2 Å².